The summed E-state index contributed by atoms with van der Waals surface area (Å²) < 4.78 is 27.6. The van der Waals surface area contributed by atoms with Crippen molar-refractivity contribution >= 4 is 28.3 Å². The standard InChI is InChI=1S/C17H29N3O3S.ClH/c1-4-6-14-20(3)17(21)15-9-7-8-10-16(15)24(22,23)19-13-12-18-11-5-2;/h7-10,18-19H,4-6,11-14H2,1-3H3;1H. The molecule has 1 amide bonds. The molecule has 0 unspecified atom stereocenters. The molecule has 0 atom stereocenters. The molecule has 0 saturated heterocycles. The number of carbonyl (C=O) groups is 1. The highest BCUT2D eigenvalue weighted by Gasteiger charge is 2.23. The van der Waals surface area contributed by atoms with E-state index in [0.29, 0.717) is 13.1 Å². The van der Waals surface area contributed by atoms with Crippen molar-refractivity contribution in [1.29, 1.82) is 0 Å². The van der Waals surface area contributed by atoms with Gasteiger partial charge in [-0.2, -0.15) is 0 Å². The van der Waals surface area contributed by atoms with E-state index in [0.717, 1.165) is 25.8 Å². The Morgan fingerprint density at radius 3 is 2.40 bits per heavy atom. The van der Waals surface area contributed by atoms with Crippen LogP contribution in [0.25, 0.3) is 0 Å². The van der Waals surface area contributed by atoms with Crippen LogP contribution in [-0.4, -0.2) is 52.5 Å². The number of nitrogens with zero attached hydrogens (tertiary/aromatic N) is 1. The topological polar surface area (TPSA) is 78.5 Å². The molecule has 0 aliphatic rings. The van der Waals surface area contributed by atoms with Gasteiger partial charge in [0.15, 0.2) is 0 Å². The molecule has 0 heterocycles. The predicted octanol–water partition coefficient (Wildman–Crippen LogP) is 2.26. The minimum Gasteiger partial charge on any atom is -0.342 e. The SMILES string of the molecule is CCCCN(C)C(=O)c1ccccc1S(=O)(=O)NCCNCCC.Cl. The Morgan fingerprint density at radius 2 is 1.76 bits per heavy atom. The molecule has 2 N–H and O–H groups in total. The summed E-state index contributed by atoms with van der Waals surface area (Å²) in [5.41, 5.74) is 0.213. The smallest absolute Gasteiger partial charge is 0.254 e. The maximum atomic E-state index is 12.6. The summed E-state index contributed by atoms with van der Waals surface area (Å²) in [4.78, 5) is 14.2. The number of sulfonamides is 1. The number of unbranched alkanes of at least 4 members (excludes halogenated alkanes) is 1. The monoisotopic (exact) mass is 391 g/mol. The number of amides is 1. The predicted molar refractivity (Wildman–Crippen MR) is 104 cm³/mol. The highest BCUT2D eigenvalue weighted by Crippen LogP contribution is 2.17. The molecule has 0 aliphatic carbocycles. The lowest BCUT2D eigenvalue weighted by Gasteiger charge is -2.19. The van der Waals surface area contributed by atoms with Gasteiger partial charge in [0.2, 0.25) is 10.0 Å². The second-order valence-corrected chi connectivity index (χ2v) is 7.46. The summed E-state index contributed by atoms with van der Waals surface area (Å²) in [7, 11) is -2.02. The van der Waals surface area contributed by atoms with Gasteiger partial charge in [-0.1, -0.05) is 32.4 Å². The molecular formula is C17H30ClN3O3S. The first-order valence-electron chi connectivity index (χ1n) is 8.48. The summed E-state index contributed by atoms with van der Waals surface area (Å²) in [6.07, 6.45) is 2.86. The van der Waals surface area contributed by atoms with Gasteiger partial charge in [0, 0.05) is 26.7 Å². The van der Waals surface area contributed by atoms with Crippen molar-refractivity contribution in [1.82, 2.24) is 14.9 Å². The van der Waals surface area contributed by atoms with Crippen LogP contribution in [0.5, 0.6) is 0 Å². The normalized spacial score (nSPS) is 11.0. The zero-order valence-corrected chi connectivity index (χ0v) is 16.9. The van der Waals surface area contributed by atoms with Crippen molar-refractivity contribution in [3.8, 4) is 0 Å². The van der Waals surface area contributed by atoms with Crippen molar-refractivity contribution in [3.05, 3.63) is 29.8 Å². The van der Waals surface area contributed by atoms with E-state index in [1.54, 1.807) is 30.1 Å². The lowest BCUT2D eigenvalue weighted by molar-refractivity contribution is 0.0789. The highest BCUT2D eigenvalue weighted by atomic mass is 35.5. The van der Waals surface area contributed by atoms with Crippen LogP contribution in [0.1, 0.15) is 43.5 Å². The van der Waals surface area contributed by atoms with Crippen molar-refractivity contribution in [2.45, 2.75) is 38.0 Å². The highest BCUT2D eigenvalue weighted by molar-refractivity contribution is 7.89. The molecule has 1 aromatic carbocycles. The number of nitrogens with one attached hydrogen (secondary N) is 2. The summed E-state index contributed by atoms with van der Waals surface area (Å²) in [5.74, 6) is -0.270. The van der Waals surface area contributed by atoms with Gasteiger partial charge < -0.3 is 10.2 Å². The average Bonchev–Trinajstić information content (AvgIpc) is 2.58. The van der Waals surface area contributed by atoms with E-state index in [4.69, 9.17) is 0 Å². The summed E-state index contributed by atoms with van der Waals surface area (Å²) in [6, 6.07) is 6.35. The number of benzene rings is 1. The maximum Gasteiger partial charge on any atom is 0.254 e. The maximum absolute atomic E-state index is 12.6. The van der Waals surface area contributed by atoms with Crippen LogP contribution in [0.4, 0.5) is 0 Å². The Labute approximate surface area is 157 Å². The Hall–Kier alpha value is -1.15. The van der Waals surface area contributed by atoms with Gasteiger partial charge in [-0.05, 0) is 31.5 Å². The lowest BCUT2D eigenvalue weighted by Crippen LogP contribution is -2.34. The molecule has 8 heteroatoms. The Bertz CT molecular complexity index is 623. The number of hydrogen-bond donors (Lipinski definition) is 2. The van der Waals surface area contributed by atoms with Gasteiger partial charge in [-0.25, -0.2) is 13.1 Å². The largest absolute Gasteiger partial charge is 0.342 e. The number of carbonyl (C=O) groups excluding carboxylic acids is 1. The second-order valence-electron chi connectivity index (χ2n) is 5.72. The fraction of sp³-hybridized carbons (Fsp3) is 0.588. The van der Waals surface area contributed by atoms with Gasteiger partial charge in [-0.15, -0.1) is 12.4 Å². The molecule has 0 radical (unpaired) electrons. The van der Waals surface area contributed by atoms with Gasteiger partial charge in [0.05, 0.1) is 10.5 Å². The van der Waals surface area contributed by atoms with Crippen LogP contribution in [0, 0.1) is 0 Å². The zero-order chi connectivity index (χ0) is 18.0. The van der Waals surface area contributed by atoms with E-state index in [1.165, 1.54) is 6.07 Å². The second kappa shape index (κ2) is 12.2. The van der Waals surface area contributed by atoms with Crippen molar-refractivity contribution < 1.29 is 13.2 Å². The van der Waals surface area contributed by atoms with Gasteiger partial charge in [0.25, 0.3) is 5.91 Å². The van der Waals surface area contributed by atoms with E-state index in [-0.39, 0.29) is 35.3 Å². The molecular weight excluding hydrogens is 362 g/mol. The molecule has 0 saturated carbocycles. The molecule has 1 rings (SSSR count). The van der Waals surface area contributed by atoms with E-state index in [9.17, 15) is 13.2 Å². The third-order valence-corrected chi connectivity index (χ3v) is 5.14. The molecule has 1 aromatic rings. The molecule has 0 aromatic heterocycles. The molecule has 144 valence electrons. The number of halogens is 1. The van der Waals surface area contributed by atoms with Crippen LogP contribution >= 0.6 is 12.4 Å². The quantitative estimate of drug-likeness (QED) is 0.567. The Kier molecular flexibility index (Phi) is 11.7. The van der Waals surface area contributed by atoms with Crippen LogP contribution in [-0.2, 0) is 10.0 Å². The molecule has 0 aliphatic heterocycles. The van der Waals surface area contributed by atoms with E-state index >= 15 is 0 Å². The van der Waals surface area contributed by atoms with Crippen molar-refractivity contribution in [2.24, 2.45) is 0 Å². The zero-order valence-electron chi connectivity index (χ0n) is 15.2. The first-order chi connectivity index (χ1) is 11.4. The molecule has 6 nitrogen and oxygen atoms in total. The van der Waals surface area contributed by atoms with E-state index in [1.807, 2.05) is 13.8 Å². The van der Waals surface area contributed by atoms with Gasteiger partial charge in [0.1, 0.15) is 0 Å². The number of rotatable bonds is 11. The Morgan fingerprint density at radius 1 is 1.08 bits per heavy atom. The molecule has 0 fully saturated rings. The summed E-state index contributed by atoms with van der Waals surface area (Å²) in [6.45, 7) is 6.40. The van der Waals surface area contributed by atoms with Crippen LogP contribution in [0.3, 0.4) is 0 Å². The summed E-state index contributed by atoms with van der Waals surface area (Å²) >= 11 is 0. The van der Waals surface area contributed by atoms with Crippen molar-refractivity contribution in [2.75, 3.05) is 33.2 Å². The Balaban J connectivity index is 0.00000576. The average molecular weight is 392 g/mol. The molecule has 0 spiro atoms. The van der Waals surface area contributed by atoms with Crippen molar-refractivity contribution in [3.63, 3.8) is 0 Å². The van der Waals surface area contributed by atoms with Gasteiger partial charge in [-0.3, -0.25) is 4.79 Å². The lowest BCUT2D eigenvalue weighted by atomic mass is 10.2. The minimum absolute atomic E-state index is 0. The fourth-order valence-corrected chi connectivity index (χ4v) is 3.46. The number of hydrogen-bond acceptors (Lipinski definition) is 4. The third kappa shape index (κ3) is 7.73. The van der Waals surface area contributed by atoms with Crippen LogP contribution < -0.4 is 10.0 Å². The first-order valence-corrected chi connectivity index (χ1v) is 9.97. The first kappa shape index (κ1) is 23.9. The third-order valence-electron chi connectivity index (χ3n) is 3.62. The molecule has 0 bridgehead atoms. The van der Waals surface area contributed by atoms with E-state index < -0.39 is 10.0 Å². The summed E-state index contributed by atoms with van der Waals surface area (Å²) in [5, 5.41) is 3.14. The van der Waals surface area contributed by atoms with E-state index in [2.05, 4.69) is 10.0 Å². The van der Waals surface area contributed by atoms with Gasteiger partial charge >= 0.3 is 0 Å². The fourth-order valence-electron chi connectivity index (χ4n) is 2.23. The minimum atomic E-state index is -3.71. The molecule has 25 heavy (non-hydrogen) atoms. The van der Waals surface area contributed by atoms with Crippen LogP contribution in [0.15, 0.2) is 29.2 Å². The van der Waals surface area contributed by atoms with Crippen LogP contribution in [0.2, 0.25) is 0 Å².